The van der Waals surface area contributed by atoms with E-state index >= 15 is 0 Å². The number of hydrogen-bond donors (Lipinski definition) is 0. The summed E-state index contributed by atoms with van der Waals surface area (Å²) in [5.74, 6) is -0.977. The van der Waals surface area contributed by atoms with Crippen molar-refractivity contribution in [2.75, 3.05) is 13.2 Å². The van der Waals surface area contributed by atoms with Crippen LogP contribution < -0.4 is 0 Å². The standard InChI is InChI=1S/C54H94O6/c1-4-7-10-13-16-19-22-24-25-26-27-28-29-30-33-35-38-41-44-47-53(56)59-50-51(49-58-52(55)46-43-40-37-34-31-21-18-15-12-9-6-3)60-54(57)48-45-42-39-36-32-23-20-17-14-11-8-5-2/h16,19,24-25,27-28,30,33,38,41,51H,4-15,17-18,20-23,26,29,31-32,34-37,39-40,42-50H2,1-3H3/b19-16-,25-24-,28-27-,33-30-,41-38-/t51-/m0/s1. The highest BCUT2D eigenvalue weighted by Crippen LogP contribution is 2.15. The van der Waals surface area contributed by atoms with E-state index in [9.17, 15) is 14.4 Å². The molecule has 0 fully saturated rings. The van der Waals surface area contributed by atoms with Crippen LogP contribution in [0.5, 0.6) is 0 Å². The first-order chi connectivity index (χ1) is 29.5. The third-order valence-corrected chi connectivity index (χ3v) is 10.8. The average molecular weight is 839 g/mol. The Morgan fingerprint density at radius 2 is 0.633 bits per heavy atom. The Kier molecular flexibility index (Phi) is 46.4. The van der Waals surface area contributed by atoms with Crippen molar-refractivity contribution in [2.24, 2.45) is 0 Å². The summed E-state index contributed by atoms with van der Waals surface area (Å²) in [6.45, 7) is 6.54. The number of esters is 3. The number of hydrogen-bond acceptors (Lipinski definition) is 6. The number of unbranched alkanes of at least 4 members (excludes halogenated alkanes) is 24. The van der Waals surface area contributed by atoms with Crippen LogP contribution >= 0.6 is 0 Å². The summed E-state index contributed by atoms with van der Waals surface area (Å²) in [5.41, 5.74) is 0. The number of ether oxygens (including phenoxy) is 3. The third kappa shape index (κ3) is 46.2. The van der Waals surface area contributed by atoms with Crippen LogP contribution in [0.25, 0.3) is 0 Å². The fraction of sp³-hybridized carbons (Fsp3) is 0.759. The Hall–Kier alpha value is -2.89. The molecule has 0 aliphatic carbocycles. The second kappa shape index (κ2) is 48.8. The highest BCUT2D eigenvalue weighted by Gasteiger charge is 2.19. The summed E-state index contributed by atoms with van der Waals surface area (Å²) >= 11 is 0. The Morgan fingerprint density at radius 1 is 0.333 bits per heavy atom. The molecule has 0 bridgehead atoms. The lowest BCUT2D eigenvalue weighted by Crippen LogP contribution is -2.30. The van der Waals surface area contributed by atoms with Gasteiger partial charge in [0.25, 0.3) is 0 Å². The summed E-state index contributed by atoms with van der Waals surface area (Å²) in [6, 6.07) is 0. The molecule has 0 rings (SSSR count). The Labute approximate surface area is 370 Å². The van der Waals surface area contributed by atoms with Crippen molar-refractivity contribution in [1.82, 2.24) is 0 Å². The lowest BCUT2D eigenvalue weighted by molar-refractivity contribution is -0.166. The fourth-order valence-corrected chi connectivity index (χ4v) is 6.95. The predicted molar refractivity (Wildman–Crippen MR) is 256 cm³/mol. The minimum absolute atomic E-state index is 0.0939. The molecule has 0 saturated carbocycles. The summed E-state index contributed by atoms with van der Waals surface area (Å²) < 4.78 is 16.7. The zero-order valence-electron chi connectivity index (χ0n) is 39.5. The molecule has 60 heavy (non-hydrogen) atoms. The molecule has 0 amide bonds. The Morgan fingerprint density at radius 3 is 1.03 bits per heavy atom. The SMILES string of the molecule is CCCCC/C=C\C/C=C\C/C=C\C/C=C\C/C=C\CCC(=O)OC[C@H](COC(=O)CCCCCCCCCCCCC)OC(=O)CCCCCCCCCCCCCC. The van der Waals surface area contributed by atoms with Crippen LogP contribution in [0.15, 0.2) is 60.8 Å². The maximum Gasteiger partial charge on any atom is 0.306 e. The van der Waals surface area contributed by atoms with Gasteiger partial charge in [0.1, 0.15) is 13.2 Å². The molecule has 0 aromatic heterocycles. The van der Waals surface area contributed by atoms with E-state index in [0.717, 1.165) is 64.2 Å². The highest BCUT2D eigenvalue weighted by molar-refractivity contribution is 5.71. The molecule has 0 aromatic carbocycles. The van der Waals surface area contributed by atoms with Crippen molar-refractivity contribution >= 4 is 17.9 Å². The lowest BCUT2D eigenvalue weighted by Gasteiger charge is -2.18. The van der Waals surface area contributed by atoms with Crippen LogP contribution in [-0.4, -0.2) is 37.2 Å². The van der Waals surface area contributed by atoms with Crippen LogP contribution in [0.3, 0.4) is 0 Å². The van der Waals surface area contributed by atoms with E-state index in [0.29, 0.717) is 19.3 Å². The normalized spacial score (nSPS) is 12.5. The van der Waals surface area contributed by atoms with Crippen molar-refractivity contribution in [3.8, 4) is 0 Å². The van der Waals surface area contributed by atoms with Crippen molar-refractivity contribution in [1.29, 1.82) is 0 Å². The van der Waals surface area contributed by atoms with Gasteiger partial charge in [0.2, 0.25) is 0 Å². The molecule has 0 unspecified atom stereocenters. The molecule has 0 spiro atoms. The second-order valence-electron chi connectivity index (χ2n) is 16.7. The van der Waals surface area contributed by atoms with E-state index in [1.807, 2.05) is 6.08 Å². The van der Waals surface area contributed by atoms with Gasteiger partial charge in [-0.05, 0) is 57.8 Å². The first kappa shape index (κ1) is 57.1. The third-order valence-electron chi connectivity index (χ3n) is 10.8. The molecule has 0 heterocycles. The van der Waals surface area contributed by atoms with Gasteiger partial charge >= 0.3 is 17.9 Å². The lowest BCUT2D eigenvalue weighted by atomic mass is 10.0. The van der Waals surface area contributed by atoms with Gasteiger partial charge in [0.15, 0.2) is 6.10 Å². The largest absolute Gasteiger partial charge is 0.462 e. The summed E-state index contributed by atoms with van der Waals surface area (Å²) in [5, 5.41) is 0. The monoisotopic (exact) mass is 839 g/mol. The summed E-state index contributed by atoms with van der Waals surface area (Å²) in [7, 11) is 0. The van der Waals surface area contributed by atoms with Gasteiger partial charge in [-0.3, -0.25) is 14.4 Å². The molecular weight excluding hydrogens is 745 g/mol. The van der Waals surface area contributed by atoms with Gasteiger partial charge in [0.05, 0.1) is 0 Å². The summed E-state index contributed by atoms with van der Waals surface area (Å²) in [4.78, 5) is 37.8. The Bertz CT molecular complexity index is 1100. The highest BCUT2D eigenvalue weighted by atomic mass is 16.6. The predicted octanol–water partition coefficient (Wildman–Crippen LogP) is 16.5. The molecule has 0 aliphatic heterocycles. The van der Waals surface area contributed by atoms with E-state index < -0.39 is 6.10 Å². The topological polar surface area (TPSA) is 78.9 Å². The van der Waals surface area contributed by atoms with Crippen LogP contribution in [-0.2, 0) is 28.6 Å². The molecule has 6 heteroatoms. The van der Waals surface area contributed by atoms with Crippen LogP contribution in [0.4, 0.5) is 0 Å². The number of carbonyl (C=O) groups excluding carboxylic acids is 3. The van der Waals surface area contributed by atoms with E-state index in [4.69, 9.17) is 14.2 Å². The van der Waals surface area contributed by atoms with Gasteiger partial charge in [-0.1, -0.05) is 229 Å². The van der Waals surface area contributed by atoms with E-state index in [1.54, 1.807) is 0 Å². The van der Waals surface area contributed by atoms with Gasteiger partial charge in [-0.25, -0.2) is 0 Å². The van der Waals surface area contributed by atoms with Crippen molar-refractivity contribution < 1.29 is 28.6 Å². The zero-order valence-corrected chi connectivity index (χ0v) is 39.5. The molecule has 1 atom stereocenters. The molecule has 0 aromatic rings. The quantitative estimate of drug-likeness (QED) is 0.0263. The van der Waals surface area contributed by atoms with Crippen LogP contribution in [0, 0.1) is 0 Å². The number of carbonyl (C=O) groups is 3. The first-order valence-electron chi connectivity index (χ1n) is 25.3. The van der Waals surface area contributed by atoms with E-state index in [2.05, 4.69) is 75.5 Å². The van der Waals surface area contributed by atoms with Gasteiger partial charge in [-0.15, -0.1) is 0 Å². The molecule has 0 N–H and O–H groups in total. The molecular formula is C54H94O6. The first-order valence-corrected chi connectivity index (χ1v) is 25.3. The van der Waals surface area contributed by atoms with Crippen molar-refractivity contribution in [2.45, 2.75) is 252 Å². The zero-order chi connectivity index (χ0) is 43.7. The molecule has 0 radical (unpaired) electrons. The van der Waals surface area contributed by atoms with Gasteiger partial charge < -0.3 is 14.2 Å². The number of rotatable bonds is 45. The van der Waals surface area contributed by atoms with E-state index in [-0.39, 0.29) is 37.5 Å². The average Bonchev–Trinajstić information content (AvgIpc) is 3.24. The Balaban J connectivity index is 4.45. The summed E-state index contributed by atoms with van der Waals surface area (Å²) in [6.07, 6.45) is 59.3. The van der Waals surface area contributed by atoms with Crippen LogP contribution in [0.2, 0.25) is 0 Å². The molecule has 0 aliphatic rings. The van der Waals surface area contributed by atoms with Crippen molar-refractivity contribution in [3.05, 3.63) is 60.8 Å². The number of allylic oxidation sites excluding steroid dienone is 10. The molecule has 6 nitrogen and oxygen atoms in total. The minimum Gasteiger partial charge on any atom is -0.462 e. The second-order valence-corrected chi connectivity index (χ2v) is 16.7. The van der Waals surface area contributed by atoms with Gasteiger partial charge in [-0.2, -0.15) is 0 Å². The van der Waals surface area contributed by atoms with Gasteiger partial charge in [0, 0.05) is 19.3 Å². The minimum atomic E-state index is -0.798. The maximum atomic E-state index is 12.7. The smallest absolute Gasteiger partial charge is 0.306 e. The fourth-order valence-electron chi connectivity index (χ4n) is 6.95. The molecule has 346 valence electrons. The molecule has 0 saturated heterocycles. The maximum absolute atomic E-state index is 12.7. The van der Waals surface area contributed by atoms with Crippen molar-refractivity contribution in [3.63, 3.8) is 0 Å². The van der Waals surface area contributed by atoms with E-state index in [1.165, 1.54) is 135 Å². The van der Waals surface area contributed by atoms with Crippen LogP contribution in [0.1, 0.15) is 245 Å².